The molecule has 118 valence electrons. The van der Waals surface area contributed by atoms with Crippen molar-refractivity contribution in [3.63, 3.8) is 0 Å². The van der Waals surface area contributed by atoms with Crippen LogP contribution in [0.5, 0.6) is 5.75 Å². The quantitative estimate of drug-likeness (QED) is 0.886. The SMILES string of the molecule is COC1CCN(S(=O)(=O)N(C)Cc2cccc(O)c2)CC1. The fourth-order valence-electron chi connectivity index (χ4n) is 2.49. The molecule has 0 aromatic heterocycles. The molecule has 1 N–H and O–H groups in total. The van der Waals surface area contributed by atoms with Crippen LogP contribution in [0.2, 0.25) is 0 Å². The Morgan fingerprint density at radius 1 is 1.38 bits per heavy atom. The Labute approximate surface area is 126 Å². The summed E-state index contributed by atoms with van der Waals surface area (Å²) in [6.07, 6.45) is 1.58. The Bertz CT molecular complexity index is 568. The van der Waals surface area contributed by atoms with Gasteiger partial charge in [-0.3, -0.25) is 0 Å². The molecular weight excluding hydrogens is 292 g/mol. The van der Waals surface area contributed by atoms with Gasteiger partial charge in [-0.15, -0.1) is 0 Å². The number of piperidine rings is 1. The van der Waals surface area contributed by atoms with E-state index in [-0.39, 0.29) is 18.4 Å². The van der Waals surface area contributed by atoms with Crippen molar-refractivity contribution in [3.05, 3.63) is 29.8 Å². The number of nitrogens with zero attached hydrogens (tertiary/aromatic N) is 2. The lowest BCUT2D eigenvalue weighted by Gasteiger charge is -2.33. The van der Waals surface area contributed by atoms with Gasteiger partial charge in [0, 0.05) is 33.8 Å². The van der Waals surface area contributed by atoms with Gasteiger partial charge < -0.3 is 9.84 Å². The van der Waals surface area contributed by atoms with Gasteiger partial charge in [-0.05, 0) is 30.5 Å². The van der Waals surface area contributed by atoms with Crippen LogP contribution in [0.4, 0.5) is 0 Å². The molecule has 0 amide bonds. The lowest BCUT2D eigenvalue weighted by atomic mass is 10.1. The van der Waals surface area contributed by atoms with Crippen LogP contribution in [0.3, 0.4) is 0 Å². The highest BCUT2D eigenvalue weighted by molar-refractivity contribution is 7.86. The maximum absolute atomic E-state index is 12.5. The van der Waals surface area contributed by atoms with E-state index in [1.807, 2.05) is 0 Å². The summed E-state index contributed by atoms with van der Waals surface area (Å²) in [5, 5.41) is 9.44. The molecule has 6 nitrogen and oxygen atoms in total. The molecule has 0 bridgehead atoms. The molecule has 1 aromatic carbocycles. The molecule has 0 radical (unpaired) electrons. The number of phenols is 1. The van der Waals surface area contributed by atoms with Crippen LogP contribution in [0.15, 0.2) is 24.3 Å². The number of ether oxygens (including phenoxy) is 1. The van der Waals surface area contributed by atoms with Crippen molar-refractivity contribution in [2.45, 2.75) is 25.5 Å². The zero-order valence-corrected chi connectivity index (χ0v) is 13.2. The third kappa shape index (κ3) is 3.94. The van der Waals surface area contributed by atoms with Crippen molar-refractivity contribution >= 4 is 10.2 Å². The molecule has 1 aromatic rings. The molecular formula is C14H22N2O4S. The Hall–Kier alpha value is -1.15. The first-order valence-electron chi connectivity index (χ1n) is 6.95. The lowest BCUT2D eigenvalue weighted by Crippen LogP contribution is -2.46. The summed E-state index contributed by atoms with van der Waals surface area (Å²) in [5.41, 5.74) is 0.757. The number of hydrogen-bond acceptors (Lipinski definition) is 4. The first-order valence-corrected chi connectivity index (χ1v) is 8.35. The van der Waals surface area contributed by atoms with E-state index < -0.39 is 10.2 Å². The van der Waals surface area contributed by atoms with Crippen LogP contribution < -0.4 is 0 Å². The Kier molecular flexibility index (Phi) is 5.21. The van der Waals surface area contributed by atoms with Crippen molar-refractivity contribution in [1.29, 1.82) is 0 Å². The van der Waals surface area contributed by atoms with Crippen LogP contribution in [0, 0.1) is 0 Å². The van der Waals surface area contributed by atoms with Crippen LogP contribution in [0.1, 0.15) is 18.4 Å². The maximum atomic E-state index is 12.5. The minimum absolute atomic E-state index is 0.138. The first kappa shape index (κ1) is 16.2. The third-order valence-corrected chi connectivity index (χ3v) is 5.70. The van der Waals surface area contributed by atoms with Crippen LogP contribution >= 0.6 is 0 Å². The smallest absolute Gasteiger partial charge is 0.282 e. The molecule has 7 heteroatoms. The molecule has 1 heterocycles. The van der Waals surface area contributed by atoms with Gasteiger partial charge >= 0.3 is 0 Å². The molecule has 0 aliphatic carbocycles. The summed E-state index contributed by atoms with van der Waals surface area (Å²) in [5.74, 6) is 0.138. The Morgan fingerprint density at radius 2 is 2.05 bits per heavy atom. The zero-order chi connectivity index (χ0) is 15.5. The standard InChI is InChI=1S/C14H22N2O4S/c1-15(11-12-4-3-5-13(17)10-12)21(18,19)16-8-6-14(20-2)7-9-16/h3-5,10,14,17H,6-9,11H2,1-2H3. The highest BCUT2D eigenvalue weighted by atomic mass is 32.2. The topological polar surface area (TPSA) is 70.1 Å². The van der Waals surface area contributed by atoms with E-state index in [1.165, 1.54) is 8.61 Å². The van der Waals surface area contributed by atoms with Crippen LogP contribution in [0.25, 0.3) is 0 Å². The second kappa shape index (κ2) is 6.74. The molecule has 1 aliphatic rings. The average molecular weight is 314 g/mol. The Morgan fingerprint density at radius 3 is 2.62 bits per heavy atom. The minimum Gasteiger partial charge on any atom is -0.508 e. The average Bonchev–Trinajstić information content (AvgIpc) is 2.47. The number of hydrogen-bond donors (Lipinski definition) is 1. The monoisotopic (exact) mass is 314 g/mol. The molecule has 1 fully saturated rings. The predicted molar refractivity (Wildman–Crippen MR) is 80.1 cm³/mol. The first-order chi connectivity index (χ1) is 9.93. The highest BCUT2D eigenvalue weighted by Gasteiger charge is 2.31. The zero-order valence-electron chi connectivity index (χ0n) is 12.4. The number of benzene rings is 1. The second-order valence-corrected chi connectivity index (χ2v) is 7.30. The van der Waals surface area contributed by atoms with Crippen molar-refractivity contribution in [1.82, 2.24) is 8.61 Å². The van der Waals surface area contributed by atoms with Gasteiger partial charge in [0.1, 0.15) is 5.75 Å². The van der Waals surface area contributed by atoms with E-state index in [4.69, 9.17) is 4.74 Å². The summed E-state index contributed by atoms with van der Waals surface area (Å²) < 4.78 is 33.1. The molecule has 2 rings (SSSR count). The van der Waals surface area contributed by atoms with Crippen molar-refractivity contribution in [2.75, 3.05) is 27.2 Å². The molecule has 21 heavy (non-hydrogen) atoms. The molecule has 1 saturated heterocycles. The highest BCUT2D eigenvalue weighted by Crippen LogP contribution is 2.20. The number of methoxy groups -OCH3 is 1. The van der Waals surface area contributed by atoms with Gasteiger partial charge in [0.25, 0.3) is 10.2 Å². The van der Waals surface area contributed by atoms with E-state index in [0.29, 0.717) is 13.1 Å². The van der Waals surface area contributed by atoms with E-state index in [2.05, 4.69) is 0 Å². The molecule has 0 atom stereocenters. The van der Waals surface area contributed by atoms with E-state index in [0.717, 1.165) is 18.4 Å². The van der Waals surface area contributed by atoms with Gasteiger partial charge in [0.15, 0.2) is 0 Å². The normalized spacial score (nSPS) is 18.2. The van der Waals surface area contributed by atoms with Gasteiger partial charge in [-0.25, -0.2) is 0 Å². The molecule has 0 spiro atoms. The summed E-state index contributed by atoms with van der Waals surface area (Å²) in [6.45, 7) is 1.19. The molecule has 0 saturated carbocycles. The largest absolute Gasteiger partial charge is 0.508 e. The van der Waals surface area contributed by atoms with E-state index in [9.17, 15) is 13.5 Å². The number of rotatable bonds is 5. The van der Waals surface area contributed by atoms with Gasteiger partial charge in [-0.2, -0.15) is 17.0 Å². The summed E-state index contributed by atoms with van der Waals surface area (Å²) in [7, 11) is -0.262. The fourth-order valence-corrected chi connectivity index (χ4v) is 3.87. The van der Waals surface area contributed by atoms with E-state index >= 15 is 0 Å². The fraction of sp³-hybridized carbons (Fsp3) is 0.571. The van der Waals surface area contributed by atoms with Gasteiger partial charge in [-0.1, -0.05) is 12.1 Å². The molecule has 1 aliphatic heterocycles. The Balaban J connectivity index is 2.02. The second-order valence-electron chi connectivity index (χ2n) is 5.27. The summed E-state index contributed by atoms with van der Waals surface area (Å²) in [4.78, 5) is 0. The third-order valence-electron chi connectivity index (χ3n) is 3.77. The summed E-state index contributed by atoms with van der Waals surface area (Å²) in [6, 6.07) is 6.63. The van der Waals surface area contributed by atoms with Crippen molar-refractivity contribution in [3.8, 4) is 5.75 Å². The van der Waals surface area contributed by atoms with Gasteiger partial charge in [0.2, 0.25) is 0 Å². The van der Waals surface area contributed by atoms with Crippen molar-refractivity contribution < 1.29 is 18.3 Å². The predicted octanol–water partition coefficient (Wildman–Crippen LogP) is 1.18. The van der Waals surface area contributed by atoms with Crippen LogP contribution in [-0.2, 0) is 21.5 Å². The minimum atomic E-state index is -3.48. The van der Waals surface area contributed by atoms with E-state index in [1.54, 1.807) is 38.4 Å². The lowest BCUT2D eigenvalue weighted by molar-refractivity contribution is 0.0592. The summed E-state index contributed by atoms with van der Waals surface area (Å²) >= 11 is 0. The number of aromatic hydroxyl groups is 1. The van der Waals surface area contributed by atoms with Crippen molar-refractivity contribution in [2.24, 2.45) is 0 Å². The van der Waals surface area contributed by atoms with Gasteiger partial charge in [0.05, 0.1) is 6.10 Å². The maximum Gasteiger partial charge on any atom is 0.282 e. The number of phenolic OH excluding ortho intramolecular Hbond substituents is 1. The van der Waals surface area contributed by atoms with Crippen LogP contribution in [-0.4, -0.2) is 55.5 Å². The molecule has 0 unspecified atom stereocenters.